The van der Waals surface area contributed by atoms with Crippen LogP contribution in [0.5, 0.6) is 0 Å². The molecule has 0 aromatic carbocycles. The highest BCUT2D eigenvalue weighted by Gasteiger charge is 2.35. The maximum Gasteiger partial charge on any atom is 0.220 e. The van der Waals surface area contributed by atoms with Gasteiger partial charge >= 0.3 is 0 Å². The summed E-state index contributed by atoms with van der Waals surface area (Å²) in [7, 11) is 1.69. The molecule has 2 heterocycles. The summed E-state index contributed by atoms with van der Waals surface area (Å²) in [6.45, 7) is 2.94. The topological polar surface area (TPSA) is 59.6 Å². The molecule has 5 nitrogen and oxygen atoms in total. The van der Waals surface area contributed by atoms with Crippen LogP contribution in [-0.4, -0.2) is 51.0 Å². The molecule has 19 heavy (non-hydrogen) atoms. The van der Waals surface area contributed by atoms with Crippen LogP contribution in [0.4, 0.5) is 0 Å². The second kappa shape index (κ2) is 7.22. The molecule has 2 aliphatic rings. The van der Waals surface area contributed by atoms with Crippen molar-refractivity contribution in [3.8, 4) is 0 Å². The third-order valence-electron chi connectivity index (χ3n) is 4.24. The quantitative estimate of drug-likeness (QED) is 0.750. The zero-order valence-electron chi connectivity index (χ0n) is 11.9. The number of amides is 1. The molecule has 110 valence electrons. The van der Waals surface area contributed by atoms with E-state index >= 15 is 0 Å². The lowest BCUT2D eigenvalue weighted by atomic mass is 10.00. The number of carbonyl (C=O) groups excluding carboxylic acids is 1. The molecular weight excluding hydrogens is 244 g/mol. The number of piperidine rings is 1. The van der Waals surface area contributed by atoms with Crippen molar-refractivity contribution < 1.29 is 14.3 Å². The molecule has 2 aliphatic heterocycles. The van der Waals surface area contributed by atoms with Gasteiger partial charge in [-0.2, -0.15) is 0 Å². The third-order valence-corrected chi connectivity index (χ3v) is 4.24. The minimum atomic E-state index is -0.307. The van der Waals surface area contributed by atoms with E-state index in [2.05, 4.69) is 10.6 Å². The summed E-state index contributed by atoms with van der Waals surface area (Å²) < 4.78 is 10.8. The van der Waals surface area contributed by atoms with Gasteiger partial charge in [0.2, 0.25) is 5.91 Å². The van der Waals surface area contributed by atoms with Gasteiger partial charge in [-0.15, -0.1) is 0 Å². The summed E-state index contributed by atoms with van der Waals surface area (Å²) in [5.41, 5.74) is -0.307. The van der Waals surface area contributed by atoms with Crippen molar-refractivity contribution in [1.29, 1.82) is 0 Å². The molecule has 1 amide bonds. The lowest BCUT2D eigenvalue weighted by Crippen LogP contribution is -2.45. The first-order valence-corrected chi connectivity index (χ1v) is 7.37. The van der Waals surface area contributed by atoms with E-state index in [0.717, 1.165) is 26.0 Å². The fourth-order valence-corrected chi connectivity index (χ4v) is 2.78. The fraction of sp³-hybridized carbons (Fsp3) is 0.929. The molecule has 2 N–H and O–H groups in total. The van der Waals surface area contributed by atoms with Gasteiger partial charge in [0, 0.05) is 39.1 Å². The predicted molar refractivity (Wildman–Crippen MR) is 73.1 cm³/mol. The first-order valence-electron chi connectivity index (χ1n) is 7.37. The van der Waals surface area contributed by atoms with E-state index in [1.807, 2.05) is 0 Å². The Morgan fingerprint density at radius 2 is 2.42 bits per heavy atom. The van der Waals surface area contributed by atoms with Crippen molar-refractivity contribution in [2.24, 2.45) is 0 Å². The number of methoxy groups -OCH3 is 1. The van der Waals surface area contributed by atoms with Crippen LogP contribution in [0.1, 0.15) is 38.5 Å². The van der Waals surface area contributed by atoms with Crippen molar-refractivity contribution in [3.63, 3.8) is 0 Å². The maximum atomic E-state index is 11.9. The largest absolute Gasteiger partial charge is 0.378 e. The Balaban J connectivity index is 1.63. The van der Waals surface area contributed by atoms with Crippen molar-refractivity contribution in [3.05, 3.63) is 0 Å². The normalized spacial score (nSPS) is 31.3. The minimum Gasteiger partial charge on any atom is -0.378 e. The molecule has 0 aliphatic carbocycles. The summed E-state index contributed by atoms with van der Waals surface area (Å²) in [6, 6.07) is 0.519. The standard InChI is InChI=1S/C14H26N2O3/c1-18-14(7-9-19-11-14)10-16-13(17)6-5-12-4-2-3-8-15-12/h12,15H,2-11H2,1H3,(H,16,17). The molecular formula is C14H26N2O3. The molecule has 2 rings (SSSR count). The van der Waals surface area contributed by atoms with Gasteiger partial charge in [0.05, 0.1) is 6.61 Å². The summed E-state index contributed by atoms with van der Waals surface area (Å²) >= 11 is 0. The van der Waals surface area contributed by atoms with Gasteiger partial charge < -0.3 is 20.1 Å². The Labute approximate surface area is 115 Å². The van der Waals surface area contributed by atoms with Gasteiger partial charge in [-0.1, -0.05) is 6.42 Å². The van der Waals surface area contributed by atoms with E-state index in [-0.39, 0.29) is 11.5 Å². The second-order valence-electron chi connectivity index (χ2n) is 5.65. The molecule has 0 bridgehead atoms. The number of hydrogen-bond donors (Lipinski definition) is 2. The molecule has 2 unspecified atom stereocenters. The van der Waals surface area contributed by atoms with Crippen LogP contribution in [-0.2, 0) is 14.3 Å². The van der Waals surface area contributed by atoms with Crippen LogP contribution < -0.4 is 10.6 Å². The summed E-state index contributed by atoms with van der Waals surface area (Å²) in [5.74, 6) is 0.121. The summed E-state index contributed by atoms with van der Waals surface area (Å²) in [4.78, 5) is 11.9. The lowest BCUT2D eigenvalue weighted by Gasteiger charge is -2.26. The van der Waals surface area contributed by atoms with Crippen LogP contribution in [0.15, 0.2) is 0 Å². The first kappa shape index (κ1) is 14.8. The van der Waals surface area contributed by atoms with Crippen molar-refractivity contribution in [2.45, 2.75) is 50.2 Å². The van der Waals surface area contributed by atoms with Gasteiger partial charge in [-0.25, -0.2) is 0 Å². The minimum absolute atomic E-state index is 0.121. The smallest absolute Gasteiger partial charge is 0.220 e. The second-order valence-corrected chi connectivity index (χ2v) is 5.65. The van der Waals surface area contributed by atoms with E-state index in [1.165, 1.54) is 19.3 Å². The molecule has 2 fully saturated rings. The number of hydrogen-bond acceptors (Lipinski definition) is 4. The SMILES string of the molecule is COC1(CNC(=O)CCC2CCCCN2)CCOC1. The van der Waals surface area contributed by atoms with Crippen molar-refractivity contribution in [1.82, 2.24) is 10.6 Å². The molecule has 0 saturated carbocycles. The van der Waals surface area contributed by atoms with E-state index in [1.54, 1.807) is 7.11 Å². The first-order chi connectivity index (χ1) is 9.24. The monoisotopic (exact) mass is 270 g/mol. The predicted octanol–water partition coefficient (Wildman–Crippen LogP) is 0.830. The Hall–Kier alpha value is -0.650. The fourth-order valence-electron chi connectivity index (χ4n) is 2.78. The van der Waals surface area contributed by atoms with E-state index in [9.17, 15) is 4.79 Å². The molecule has 0 radical (unpaired) electrons. The highest BCUT2D eigenvalue weighted by molar-refractivity contribution is 5.76. The Kier molecular flexibility index (Phi) is 5.60. The van der Waals surface area contributed by atoms with Crippen molar-refractivity contribution >= 4 is 5.91 Å². The van der Waals surface area contributed by atoms with Crippen LogP contribution in [0.2, 0.25) is 0 Å². The Morgan fingerprint density at radius 1 is 1.53 bits per heavy atom. The van der Waals surface area contributed by atoms with E-state index < -0.39 is 0 Å². The number of carbonyl (C=O) groups is 1. The third kappa shape index (κ3) is 4.44. The summed E-state index contributed by atoms with van der Waals surface area (Å²) in [6.07, 6.45) is 6.13. The Bertz CT molecular complexity index is 284. The molecule has 0 aromatic heterocycles. The number of nitrogens with one attached hydrogen (secondary N) is 2. The van der Waals surface area contributed by atoms with Crippen LogP contribution in [0.25, 0.3) is 0 Å². The van der Waals surface area contributed by atoms with E-state index in [4.69, 9.17) is 9.47 Å². The van der Waals surface area contributed by atoms with Crippen LogP contribution >= 0.6 is 0 Å². The van der Waals surface area contributed by atoms with Crippen molar-refractivity contribution in [2.75, 3.05) is 33.4 Å². The van der Waals surface area contributed by atoms with Gasteiger partial charge in [-0.3, -0.25) is 4.79 Å². The number of rotatable bonds is 6. The van der Waals surface area contributed by atoms with Gasteiger partial charge in [0.15, 0.2) is 0 Å². The highest BCUT2D eigenvalue weighted by atomic mass is 16.5. The lowest BCUT2D eigenvalue weighted by molar-refractivity contribution is -0.123. The zero-order chi connectivity index (χ0) is 13.6. The maximum absolute atomic E-state index is 11.9. The molecule has 0 spiro atoms. The van der Waals surface area contributed by atoms with Gasteiger partial charge in [0.25, 0.3) is 0 Å². The number of ether oxygens (including phenoxy) is 2. The average Bonchev–Trinajstić information content (AvgIpc) is 2.93. The molecule has 2 saturated heterocycles. The van der Waals surface area contributed by atoms with Crippen LogP contribution in [0.3, 0.4) is 0 Å². The highest BCUT2D eigenvalue weighted by Crippen LogP contribution is 2.21. The van der Waals surface area contributed by atoms with E-state index in [0.29, 0.717) is 25.6 Å². The van der Waals surface area contributed by atoms with Crippen LogP contribution in [0, 0.1) is 0 Å². The Morgan fingerprint density at radius 3 is 3.05 bits per heavy atom. The molecule has 0 aromatic rings. The molecule has 2 atom stereocenters. The zero-order valence-corrected chi connectivity index (χ0v) is 11.9. The summed E-state index contributed by atoms with van der Waals surface area (Å²) in [5, 5.41) is 6.45. The molecule has 5 heteroatoms. The average molecular weight is 270 g/mol. The van der Waals surface area contributed by atoms with Gasteiger partial charge in [0.1, 0.15) is 5.60 Å². The van der Waals surface area contributed by atoms with Gasteiger partial charge in [-0.05, 0) is 25.8 Å².